The second-order valence-electron chi connectivity index (χ2n) is 6.29. The van der Waals surface area contributed by atoms with E-state index >= 15 is 0 Å². The average molecular weight is 284 g/mol. The fraction of sp³-hybridized carbons (Fsp3) is 0.444. The first-order valence-electron chi connectivity index (χ1n) is 7.69. The maximum absolute atomic E-state index is 10.5. The van der Waals surface area contributed by atoms with Crippen LogP contribution >= 0.6 is 0 Å². The molecule has 0 aromatic heterocycles. The summed E-state index contributed by atoms with van der Waals surface area (Å²) < 4.78 is 0. The standard InChI is InChI=1S/C18H24N2O/c1-19(2)17-9-10-20(12-17)13-18(21)16-8-7-14-5-3-4-6-15(14)11-16/h3-8,11,17-18,21H,9-10,12-13H2,1-2H3. The highest BCUT2D eigenvalue weighted by Crippen LogP contribution is 2.23. The smallest absolute Gasteiger partial charge is 0.0917 e. The lowest BCUT2D eigenvalue weighted by Gasteiger charge is -2.22. The lowest BCUT2D eigenvalue weighted by atomic mass is 10.0. The van der Waals surface area contributed by atoms with Crippen LogP contribution in [0.15, 0.2) is 42.5 Å². The summed E-state index contributed by atoms with van der Waals surface area (Å²) in [4.78, 5) is 4.65. The first-order chi connectivity index (χ1) is 10.1. The molecule has 0 radical (unpaired) electrons. The minimum Gasteiger partial charge on any atom is -0.387 e. The molecule has 3 heteroatoms. The van der Waals surface area contributed by atoms with Gasteiger partial charge in [0.05, 0.1) is 6.10 Å². The van der Waals surface area contributed by atoms with Crippen LogP contribution in [0.3, 0.4) is 0 Å². The van der Waals surface area contributed by atoms with E-state index in [4.69, 9.17) is 0 Å². The zero-order valence-corrected chi connectivity index (χ0v) is 12.9. The Morgan fingerprint density at radius 1 is 1.19 bits per heavy atom. The summed E-state index contributed by atoms with van der Waals surface area (Å²) in [6.45, 7) is 2.85. The minimum absolute atomic E-state index is 0.407. The molecule has 0 saturated carbocycles. The molecule has 1 saturated heterocycles. The highest BCUT2D eigenvalue weighted by Gasteiger charge is 2.25. The van der Waals surface area contributed by atoms with Crippen LogP contribution in [0, 0.1) is 0 Å². The molecular weight excluding hydrogens is 260 g/mol. The Bertz CT molecular complexity index is 611. The Kier molecular flexibility index (Phi) is 4.24. The monoisotopic (exact) mass is 284 g/mol. The van der Waals surface area contributed by atoms with Crippen LogP contribution in [0.2, 0.25) is 0 Å². The molecule has 3 nitrogen and oxygen atoms in total. The summed E-state index contributed by atoms with van der Waals surface area (Å²) in [5.41, 5.74) is 1.02. The molecule has 2 aromatic rings. The van der Waals surface area contributed by atoms with Crippen LogP contribution in [0.5, 0.6) is 0 Å². The molecule has 112 valence electrons. The number of β-amino-alcohol motifs (C(OH)–C–C–N with tert-alkyl or cyclic N) is 1. The lowest BCUT2D eigenvalue weighted by molar-refractivity contribution is 0.122. The van der Waals surface area contributed by atoms with Crippen molar-refractivity contribution in [3.8, 4) is 0 Å². The van der Waals surface area contributed by atoms with Crippen LogP contribution in [0.25, 0.3) is 10.8 Å². The normalized spacial score (nSPS) is 21.2. The number of benzene rings is 2. The predicted molar refractivity (Wildman–Crippen MR) is 87.4 cm³/mol. The maximum atomic E-state index is 10.5. The third-order valence-electron chi connectivity index (χ3n) is 4.57. The van der Waals surface area contributed by atoms with Gasteiger partial charge in [0.25, 0.3) is 0 Å². The number of likely N-dealkylation sites (N-methyl/N-ethyl adjacent to an activating group) is 1. The molecule has 0 spiro atoms. The number of aliphatic hydroxyl groups is 1. The number of aliphatic hydroxyl groups excluding tert-OH is 1. The number of fused-ring (bicyclic) bond motifs is 1. The van der Waals surface area contributed by atoms with Crippen molar-refractivity contribution in [3.63, 3.8) is 0 Å². The van der Waals surface area contributed by atoms with Gasteiger partial charge in [0.15, 0.2) is 0 Å². The van der Waals surface area contributed by atoms with E-state index in [0.29, 0.717) is 6.04 Å². The van der Waals surface area contributed by atoms with Gasteiger partial charge in [-0.25, -0.2) is 0 Å². The molecule has 1 aliphatic heterocycles. The molecule has 1 heterocycles. The Morgan fingerprint density at radius 2 is 1.95 bits per heavy atom. The largest absolute Gasteiger partial charge is 0.387 e. The van der Waals surface area contributed by atoms with Gasteiger partial charge in [-0.2, -0.15) is 0 Å². The van der Waals surface area contributed by atoms with Gasteiger partial charge in [0.1, 0.15) is 0 Å². The summed E-state index contributed by atoms with van der Waals surface area (Å²) in [5.74, 6) is 0. The third-order valence-corrected chi connectivity index (χ3v) is 4.57. The maximum Gasteiger partial charge on any atom is 0.0917 e. The molecular formula is C18H24N2O. The van der Waals surface area contributed by atoms with E-state index < -0.39 is 6.10 Å². The number of hydrogen-bond donors (Lipinski definition) is 1. The van der Waals surface area contributed by atoms with Crippen molar-refractivity contribution in [1.29, 1.82) is 0 Å². The Balaban J connectivity index is 1.68. The second kappa shape index (κ2) is 6.14. The van der Waals surface area contributed by atoms with Crippen molar-refractivity contribution in [2.75, 3.05) is 33.7 Å². The van der Waals surface area contributed by atoms with Crippen LogP contribution in [-0.2, 0) is 0 Å². The summed E-state index contributed by atoms with van der Waals surface area (Å²) >= 11 is 0. The van der Waals surface area contributed by atoms with Crippen LogP contribution < -0.4 is 0 Å². The second-order valence-corrected chi connectivity index (χ2v) is 6.29. The first-order valence-corrected chi connectivity index (χ1v) is 7.69. The van der Waals surface area contributed by atoms with Crippen molar-refractivity contribution in [1.82, 2.24) is 9.80 Å². The van der Waals surface area contributed by atoms with E-state index in [1.54, 1.807) is 0 Å². The van der Waals surface area contributed by atoms with Crippen molar-refractivity contribution < 1.29 is 5.11 Å². The number of rotatable bonds is 4. The van der Waals surface area contributed by atoms with E-state index in [2.05, 4.69) is 48.2 Å². The Labute approximate surface area is 126 Å². The molecule has 2 aromatic carbocycles. The van der Waals surface area contributed by atoms with Crippen LogP contribution in [-0.4, -0.2) is 54.7 Å². The van der Waals surface area contributed by atoms with Crippen LogP contribution in [0.4, 0.5) is 0 Å². The number of likely N-dealkylation sites (tertiary alicyclic amines) is 1. The van der Waals surface area contributed by atoms with E-state index in [9.17, 15) is 5.11 Å². The van der Waals surface area contributed by atoms with Crippen molar-refractivity contribution in [2.24, 2.45) is 0 Å². The van der Waals surface area contributed by atoms with Gasteiger partial charge in [-0.1, -0.05) is 36.4 Å². The van der Waals surface area contributed by atoms with Gasteiger partial charge in [-0.15, -0.1) is 0 Å². The molecule has 2 unspecified atom stereocenters. The Morgan fingerprint density at radius 3 is 2.67 bits per heavy atom. The zero-order chi connectivity index (χ0) is 14.8. The quantitative estimate of drug-likeness (QED) is 0.934. The summed E-state index contributed by atoms with van der Waals surface area (Å²) in [6.07, 6.45) is 0.785. The lowest BCUT2D eigenvalue weighted by Crippen LogP contribution is -2.33. The first kappa shape index (κ1) is 14.5. The number of nitrogens with zero attached hydrogens (tertiary/aromatic N) is 2. The van der Waals surface area contributed by atoms with Gasteiger partial charge in [0, 0.05) is 19.1 Å². The molecule has 1 N–H and O–H groups in total. The highest BCUT2D eigenvalue weighted by molar-refractivity contribution is 5.83. The van der Waals surface area contributed by atoms with Crippen molar-refractivity contribution in [2.45, 2.75) is 18.6 Å². The van der Waals surface area contributed by atoms with E-state index in [-0.39, 0.29) is 0 Å². The fourth-order valence-electron chi connectivity index (χ4n) is 3.16. The Hall–Kier alpha value is -1.42. The molecule has 21 heavy (non-hydrogen) atoms. The van der Waals surface area contributed by atoms with E-state index in [1.165, 1.54) is 17.2 Å². The minimum atomic E-state index is -0.407. The molecule has 0 aliphatic carbocycles. The topological polar surface area (TPSA) is 26.7 Å². The van der Waals surface area contributed by atoms with Gasteiger partial charge in [-0.3, -0.25) is 4.90 Å². The molecule has 2 atom stereocenters. The fourth-order valence-corrected chi connectivity index (χ4v) is 3.16. The predicted octanol–water partition coefficient (Wildman–Crippen LogP) is 2.51. The van der Waals surface area contributed by atoms with Crippen molar-refractivity contribution in [3.05, 3.63) is 48.0 Å². The summed E-state index contributed by atoms with van der Waals surface area (Å²) in [7, 11) is 4.27. The van der Waals surface area contributed by atoms with Gasteiger partial charge in [0.2, 0.25) is 0 Å². The van der Waals surface area contributed by atoms with Gasteiger partial charge >= 0.3 is 0 Å². The van der Waals surface area contributed by atoms with E-state index in [0.717, 1.165) is 25.2 Å². The molecule has 0 bridgehead atoms. The molecule has 0 amide bonds. The summed E-state index contributed by atoms with van der Waals surface area (Å²) in [6, 6.07) is 15.2. The molecule has 1 aliphatic rings. The summed E-state index contributed by atoms with van der Waals surface area (Å²) in [5, 5.41) is 12.9. The highest BCUT2D eigenvalue weighted by atomic mass is 16.3. The van der Waals surface area contributed by atoms with Crippen LogP contribution in [0.1, 0.15) is 18.1 Å². The SMILES string of the molecule is CN(C)C1CCN(CC(O)c2ccc3ccccc3c2)C1. The molecule has 3 rings (SSSR count). The molecule has 1 fully saturated rings. The average Bonchev–Trinajstić information content (AvgIpc) is 2.95. The zero-order valence-electron chi connectivity index (χ0n) is 12.9. The third kappa shape index (κ3) is 3.26. The van der Waals surface area contributed by atoms with E-state index in [1.807, 2.05) is 18.2 Å². The van der Waals surface area contributed by atoms with Gasteiger partial charge < -0.3 is 10.0 Å². The van der Waals surface area contributed by atoms with Gasteiger partial charge in [-0.05, 0) is 49.5 Å². The number of hydrogen-bond acceptors (Lipinski definition) is 3. The van der Waals surface area contributed by atoms with Crippen molar-refractivity contribution >= 4 is 10.8 Å².